The summed E-state index contributed by atoms with van der Waals surface area (Å²) in [6.07, 6.45) is 5.15. The highest BCUT2D eigenvalue weighted by molar-refractivity contribution is 8.01. The number of methoxy groups -OCH3 is 1. The molecule has 0 amide bonds. The fourth-order valence-electron chi connectivity index (χ4n) is 2.99. The first-order chi connectivity index (χ1) is 14.2. The Hall–Kier alpha value is -2.59. The molecule has 1 fully saturated rings. The number of benzene rings is 1. The molecule has 3 aromatic rings. The monoisotopic (exact) mass is 431 g/mol. The molecule has 3 heterocycles. The molecule has 10 heteroatoms. The van der Waals surface area contributed by atoms with E-state index in [1.807, 2.05) is 29.6 Å². The van der Waals surface area contributed by atoms with E-state index in [0.717, 1.165) is 47.3 Å². The second-order valence-electron chi connectivity index (χ2n) is 6.50. The molecule has 152 valence electrons. The first-order valence-corrected chi connectivity index (χ1v) is 11.2. The molecule has 29 heavy (non-hydrogen) atoms. The van der Waals surface area contributed by atoms with E-state index < -0.39 is 0 Å². The van der Waals surface area contributed by atoms with E-state index in [9.17, 15) is 5.11 Å². The van der Waals surface area contributed by atoms with Crippen LogP contribution in [0.4, 0.5) is 5.88 Å². The van der Waals surface area contributed by atoms with Crippen LogP contribution in [0.3, 0.4) is 0 Å². The largest absolute Gasteiger partial charge is 0.861 e. The van der Waals surface area contributed by atoms with Gasteiger partial charge < -0.3 is 9.84 Å². The Balaban J connectivity index is 1.34. The minimum absolute atomic E-state index is 0.194. The Kier molecular flexibility index (Phi) is 6.30. The van der Waals surface area contributed by atoms with Gasteiger partial charge in [-0.2, -0.15) is 5.01 Å². The van der Waals surface area contributed by atoms with Crippen LogP contribution < -0.4 is 19.6 Å². The van der Waals surface area contributed by atoms with Gasteiger partial charge in [0.25, 0.3) is 6.20 Å². The maximum absolute atomic E-state index is 12.2. The molecule has 0 radical (unpaired) electrons. The van der Waals surface area contributed by atoms with E-state index in [1.165, 1.54) is 29.5 Å². The van der Waals surface area contributed by atoms with Gasteiger partial charge in [-0.25, -0.2) is 9.98 Å². The third-order valence-electron chi connectivity index (χ3n) is 4.49. The number of piperidine rings is 1. The van der Waals surface area contributed by atoms with Crippen molar-refractivity contribution in [3.05, 3.63) is 35.8 Å². The zero-order valence-corrected chi connectivity index (χ0v) is 17.6. The summed E-state index contributed by atoms with van der Waals surface area (Å²) >= 11 is 2.87. The highest BCUT2D eigenvalue weighted by Crippen LogP contribution is 2.29. The van der Waals surface area contributed by atoms with E-state index in [0.29, 0.717) is 0 Å². The molecule has 1 aliphatic heterocycles. The molecule has 4 rings (SSSR count). The predicted molar refractivity (Wildman–Crippen MR) is 110 cm³/mol. The van der Waals surface area contributed by atoms with Crippen LogP contribution in [0.15, 0.2) is 49.7 Å². The van der Waals surface area contributed by atoms with E-state index in [-0.39, 0.29) is 17.5 Å². The minimum Gasteiger partial charge on any atom is -0.861 e. The smallest absolute Gasteiger partial charge is 0.324 e. The lowest BCUT2D eigenvalue weighted by Gasteiger charge is -2.17. The Morgan fingerprint density at radius 2 is 2.10 bits per heavy atom. The van der Waals surface area contributed by atoms with Crippen molar-refractivity contribution in [2.75, 3.05) is 31.0 Å². The van der Waals surface area contributed by atoms with Gasteiger partial charge in [-0.15, -0.1) is 11.3 Å². The van der Waals surface area contributed by atoms with Crippen LogP contribution in [0.2, 0.25) is 0 Å². The highest BCUT2D eigenvalue weighted by Gasteiger charge is 2.22. The van der Waals surface area contributed by atoms with E-state index in [1.54, 1.807) is 18.1 Å². The van der Waals surface area contributed by atoms with Crippen molar-refractivity contribution in [2.45, 2.75) is 23.6 Å². The van der Waals surface area contributed by atoms with Crippen LogP contribution in [0.5, 0.6) is 5.75 Å². The van der Waals surface area contributed by atoms with Crippen molar-refractivity contribution in [3.8, 4) is 17.0 Å². The number of rotatable bonds is 7. The Morgan fingerprint density at radius 1 is 1.31 bits per heavy atom. The van der Waals surface area contributed by atoms with Crippen molar-refractivity contribution in [1.82, 2.24) is 10.3 Å². The zero-order chi connectivity index (χ0) is 20.1. The molecule has 0 aliphatic carbocycles. The molecule has 0 bridgehead atoms. The van der Waals surface area contributed by atoms with Crippen molar-refractivity contribution in [3.63, 3.8) is 0 Å². The van der Waals surface area contributed by atoms with Crippen LogP contribution in [0.25, 0.3) is 11.3 Å². The Bertz CT molecular complexity index is 964. The molecule has 2 aromatic heterocycles. The number of aliphatic imine (C=N–C) groups is 1. The molecule has 0 atom stereocenters. The van der Waals surface area contributed by atoms with E-state index in [4.69, 9.17) is 9.26 Å². The van der Waals surface area contributed by atoms with Gasteiger partial charge in [-0.3, -0.25) is 4.52 Å². The quantitative estimate of drug-likeness (QED) is 0.246. The average molecular weight is 432 g/mol. The van der Waals surface area contributed by atoms with Gasteiger partial charge in [0.2, 0.25) is 5.27 Å². The average Bonchev–Trinajstić information content (AvgIpc) is 3.43. The molecule has 1 aliphatic rings. The third-order valence-corrected chi connectivity index (χ3v) is 6.49. The Labute approximate surface area is 176 Å². The maximum Gasteiger partial charge on any atom is 0.324 e. The highest BCUT2D eigenvalue weighted by atomic mass is 32.2. The molecule has 0 N–H and O–H groups in total. The summed E-state index contributed by atoms with van der Waals surface area (Å²) in [5, 5.41) is 20.2. The topological polar surface area (TPSA) is 90.7 Å². The third kappa shape index (κ3) is 5.07. The lowest BCUT2D eigenvalue weighted by molar-refractivity contribution is -0.759. The number of hydrogen-bond acceptors (Lipinski definition) is 9. The Morgan fingerprint density at radius 3 is 2.86 bits per heavy atom. The van der Waals surface area contributed by atoms with Crippen molar-refractivity contribution < 1.29 is 19.2 Å². The van der Waals surface area contributed by atoms with Gasteiger partial charge in [-0.05, 0) is 49.4 Å². The zero-order valence-electron chi connectivity index (χ0n) is 16.0. The van der Waals surface area contributed by atoms with Gasteiger partial charge in [0.05, 0.1) is 30.7 Å². The van der Waals surface area contributed by atoms with Gasteiger partial charge in [0.1, 0.15) is 5.75 Å². The van der Waals surface area contributed by atoms with Gasteiger partial charge in [-0.1, -0.05) is 11.8 Å². The molecule has 8 nitrogen and oxygen atoms in total. The van der Waals surface area contributed by atoms with Crippen LogP contribution >= 0.6 is 23.1 Å². The summed E-state index contributed by atoms with van der Waals surface area (Å²) in [4.78, 5) is 10.2. The fourth-order valence-corrected chi connectivity index (χ4v) is 4.61. The number of nitrogens with zero attached hydrogens (tertiary/aromatic N) is 5. The van der Waals surface area contributed by atoms with Crippen LogP contribution in [-0.4, -0.2) is 42.1 Å². The first-order valence-electron chi connectivity index (χ1n) is 9.32. The molecule has 1 aromatic carbocycles. The summed E-state index contributed by atoms with van der Waals surface area (Å²) in [6, 6.07) is 7.73. The minimum atomic E-state index is -0.279. The number of hydrogen-bond donors (Lipinski definition) is 0. The summed E-state index contributed by atoms with van der Waals surface area (Å²) in [6.45, 7) is 1.86. The van der Waals surface area contributed by atoms with E-state index in [2.05, 4.69) is 20.3 Å². The molecule has 0 saturated carbocycles. The number of thioether (sulfide) groups is 1. The summed E-state index contributed by atoms with van der Waals surface area (Å²) < 4.78 is 11.2. The number of ether oxygens (including phenoxy) is 1. The van der Waals surface area contributed by atoms with Gasteiger partial charge in [0, 0.05) is 16.7 Å². The number of thiazole rings is 1. The lowest BCUT2D eigenvalue weighted by Crippen LogP contribution is -2.60. The van der Waals surface area contributed by atoms with Gasteiger partial charge >= 0.3 is 5.88 Å². The second-order valence-corrected chi connectivity index (χ2v) is 8.58. The predicted octanol–water partition coefficient (Wildman–Crippen LogP) is 2.40. The molecular formula is C19H21N5O3S2. The summed E-state index contributed by atoms with van der Waals surface area (Å²) in [5.41, 5.74) is 1.89. The standard InChI is InChI=1S/C19H21N5O3S2/c1-26-15-7-5-14(6-8-15)16-12-28-19(20-16)29-13-17(25)21-18-11-24(22-27-18)23-9-3-2-4-10-23/h5-8,11-12H,2-4,9-10,13H2,1H3. The second kappa shape index (κ2) is 9.27. The summed E-state index contributed by atoms with van der Waals surface area (Å²) in [7, 11) is 1.64. The molecule has 1 saturated heterocycles. The van der Waals surface area contributed by atoms with Crippen LogP contribution in [0.1, 0.15) is 19.3 Å². The fraction of sp³-hybridized carbons (Fsp3) is 0.368. The van der Waals surface area contributed by atoms with Gasteiger partial charge in [0.15, 0.2) is 4.34 Å². The SMILES string of the molecule is COc1ccc(-c2csc(SC/C([O-])=N\c3c[n+](N4CCCCC4)no3)n2)cc1. The summed E-state index contributed by atoms with van der Waals surface area (Å²) in [5.74, 6) is 0.942. The molecular weight excluding hydrogens is 410 g/mol. The first kappa shape index (κ1) is 19.7. The van der Waals surface area contributed by atoms with Crippen LogP contribution in [0, 0.1) is 0 Å². The van der Waals surface area contributed by atoms with Crippen LogP contribution in [-0.2, 0) is 0 Å². The number of aromatic nitrogens is 3. The van der Waals surface area contributed by atoms with Crippen molar-refractivity contribution in [1.29, 1.82) is 0 Å². The van der Waals surface area contributed by atoms with Crippen molar-refractivity contribution >= 4 is 34.9 Å². The van der Waals surface area contributed by atoms with Crippen molar-refractivity contribution in [2.24, 2.45) is 4.99 Å². The van der Waals surface area contributed by atoms with E-state index >= 15 is 0 Å². The molecule has 0 spiro atoms. The normalized spacial score (nSPS) is 14.9. The maximum atomic E-state index is 12.2. The lowest BCUT2D eigenvalue weighted by atomic mass is 10.2. The molecule has 0 unspecified atom stereocenters.